The maximum Gasteiger partial charge on any atom is 0.146 e. The van der Waals surface area contributed by atoms with E-state index in [-0.39, 0.29) is 5.82 Å². The van der Waals surface area contributed by atoms with Gasteiger partial charge in [0, 0.05) is 32.7 Å². The van der Waals surface area contributed by atoms with Crippen LogP contribution in [0.15, 0.2) is 24.3 Å². The summed E-state index contributed by atoms with van der Waals surface area (Å²) >= 11 is 0. The van der Waals surface area contributed by atoms with Gasteiger partial charge in [-0.15, -0.1) is 0 Å². The Kier molecular flexibility index (Phi) is 4.34. The Hall–Kier alpha value is -1.13. The molecule has 0 atom stereocenters. The van der Waals surface area contributed by atoms with Gasteiger partial charge in [0.25, 0.3) is 0 Å². The van der Waals surface area contributed by atoms with Gasteiger partial charge in [-0.3, -0.25) is 5.43 Å². The number of hydrogen-bond acceptors (Lipinski definition) is 3. The number of nitrogens with zero attached hydrogens (tertiary/aromatic N) is 2. The molecule has 1 aliphatic rings. The van der Waals surface area contributed by atoms with E-state index in [1.165, 1.54) is 6.07 Å². The molecular formula is C13H20FN3. The molecule has 0 amide bonds. The summed E-state index contributed by atoms with van der Waals surface area (Å²) in [5.41, 5.74) is 4.10. The van der Waals surface area contributed by atoms with Crippen molar-refractivity contribution in [3.8, 4) is 0 Å². The second-order valence-corrected chi connectivity index (χ2v) is 4.33. The molecule has 0 aliphatic carbocycles. The Bertz CT molecular complexity index is 348. The molecule has 3 nitrogen and oxygen atoms in total. The number of rotatable bonds is 4. The van der Waals surface area contributed by atoms with E-state index in [9.17, 15) is 4.39 Å². The standard InChI is InChI=1S/C13H20FN3/c1-2-7-15-17-10-8-16(9-11-17)13-6-4-3-5-12(13)14/h3-6,15H,2,7-11H2,1H3. The number of nitrogens with one attached hydrogen (secondary N) is 1. The maximum absolute atomic E-state index is 13.6. The van der Waals surface area contributed by atoms with E-state index in [1.807, 2.05) is 12.1 Å². The van der Waals surface area contributed by atoms with Crippen LogP contribution in [0.25, 0.3) is 0 Å². The van der Waals surface area contributed by atoms with Gasteiger partial charge in [-0.05, 0) is 18.6 Å². The van der Waals surface area contributed by atoms with Crippen molar-refractivity contribution in [2.45, 2.75) is 13.3 Å². The molecule has 1 fully saturated rings. The van der Waals surface area contributed by atoms with Crippen LogP contribution in [-0.4, -0.2) is 37.7 Å². The minimum Gasteiger partial charge on any atom is -0.366 e. The highest BCUT2D eigenvalue weighted by Crippen LogP contribution is 2.19. The first kappa shape index (κ1) is 12.3. The lowest BCUT2D eigenvalue weighted by atomic mass is 10.2. The van der Waals surface area contributed by atoms with Crippen molar-refractivity contribution in [3.05, 3.63) is 30.1 Å². The van der Waals surface area contributed by atoms with E-state index in [1.54, 1.807) is 6.07 Å². The lowest BCUT2D eigenvalue weighted by molar-refractivity contribution is 0.176. The van der Waals surface area contributed by atoms with Gasteiger partial charge in [0.05, 0.1) is 5.69 Å². The number of halogens is 1. The van der Waals surface area contributed by atoms with Gasteiger partial charge in [0.15, 0.2) is 0 Å². The van der Waals surface area contributed by atoms with Crippen LogP contribution in [0.4, 0.5) is 10.1 Å². The summed E-state index contributed by atoms with van der Waals surface area (Å²) in [4.78, 5) is 2.11. The van der Waals surface area contributed by atoms with E-state index >= 15 is 0 Å². The Balaban J connectivity index is 1.89. The molecule has 0 radical (unpaired) electrons. The molecule has 1 aliphatic heterocycles. The summed E-state index contributed by atoms with van der Waals surface area (Å²) in [5.74, 6) is -0.123. The Morgan fingerprint density at radius 2 is 1.88 bits per heavy atom. The van der Waals surface area contributed by atoms with Crippen molar-refractivity contribution in [1.82, 2.24) is 10.4 Å². The summed E-state index contributed by atoms with van der Waals surface area (Å²) in [5, 5.41) is 2.22. The monoisotopic (exact) mass is 237 g/mol. The van der Waals surface area contributed by atoms with Crippen LogP contribution in [0.3, 0.4) is 0 Å². The first-order valence-electron chi connectivity index (χ1n) is 6.29. The average Bonchev–Trinajstić information content (AvgIpc) is 2.38. The van der Waals surface area contributed by atoms with Gasteiger partial charge in [0.1, 0.15) is 5.82 Å². The van der Waals surface area contributed by atoms with E-state index in [4.69, 9.17) is 0 Å². The summed E-state index contributed by atoms with van der Waals surface area (Å²) in [7, 11) is 0. The predicted octanol–water partition coefficient (Wildman–Crippen LogP) is 1.86. The number of para-hydroxylation sites is 1. The number of hydrazine groups is 1. The minimum atomic E-state index is -0.123. The number of anilines is 1. The highest BCUT2D eigenvalue weighted by molar-refractivity contribution is 5.47. The molecule has 4 heteroatoms. The molecule has 0 bridgehead atoms. The molecule has 1 aromatic carbocycles. The maximum atomic E-state index is 13.6. The van der Waals surface area contributed by atoms with Crippen LogP contribution < -0.4 is 10.3 Å². The SMILES string of the molecule is CCCNN1CCN(c2ccccc2F)CC1. The quantitative estimate of drug-likeness (QED) is 0.862. The summed E-state index contributed by atoms with van der Waals surface area (Å²) < 4.78 is 13.6. The molecule has 94 valence electrons. The van der Waals surface area contributed by atoms with Gasteiger partial charge in [-0.1, -0.05) is 19.1 Å². The highest BCUT2D eigenvalue weighted by atomic mass is 19.1. The second-order valence-electron chi connectivity index (χ2n) is 4.33. The summed E-state index contributed by atoms with van der Waals surface area (Å²) in [6.45, 7) is 6.79. The van der Waals surface area contributed by atoms with Crippen LogP contribution in [0, 0.1) is 5.82 Å². The highest BCUT2D eigenvalue weighted by Gasteiger charge is 2.18. The van der Waals surface area contributed by atoms with Crippen molar-refractivity contribution in [2.75, 3.05) is 37.6 Å². The minimum absolute atomic E-state index is 0.123. The smallest absolute Gasteiger partial charge is 0.146 e. The normalized spacial score (nSPS) is 17.4. The molecule has 1 saturated heterocycles. The molecule has 0 saturated carbocycles. The predicted molar refractivity (Wildman–Crippen MR) is 68.5 cm³/mol. The third-order valence-corrected chi connectivity index (χ3v) is 3.06. The first-order chi connectivity index (χ1) is 8.31. The van der Waals surface area contributed by atoms with Crippen LogP contribution in [0.5, 0.6) is 0 Å². The first-order valence-corrected chi connectivity index (χ1v) is 6.29. The Labute approximate surface area is 102 Å². The second kappa shape index (κ2) is 5.98. The number of benzene rings is 1. The van der Waals surface area contributed by atoms with Crippen molar-refractivity contribution < 1.29 is 4.39 Å². The fourth-order valence-electron chi connectivity index (χ4n) is 2.08. The number of hydrogen-bond donors (Lipinski definition) is 1. The van der Waals surface area contributed by atoms with Gasteiger partial charge in [-0.25, -0.2) is 9.40 Å². The van der Waals surface area contributed by atoms with Crippen LogP contribution in [0.2, 0.25) is 0 Å². The van der Waals surface area contributed by atoms with Crippen LogP contribution in [0.1, 0.15) is 13.3 Å². The third kappa shape index (κ3) is 3.17. The molecule has 1 N–H and O–H groups in total. The zero-order chi connectivity index (χ0) is 12.1. The fraction of sp³-hybridized carbons (Fsp3) is 0.538. The number of piperazine rings is 1. The van der Waals surface area contributed by atoms with Crippen molar-refractivity contribution in [1.29, 1.82) is 0 Å². The van der Waals surface area contributed by atoms with Crippen LogP contribution in [-0.2, 0) is 0 Å². The van der Waals surface area contributed by atoms with E-state index in [0.29, 0.717) is 0 Å². The summed E-state index contributed by atoms with van der Waals surface area (Å²) in [6, 6.07) is 7.00. The van der Waals surface area contributed by atoms with Gasteiger partial charge in [-0.2, -0.15) is 0 Å². The lowest BCUT2D eigenvalue weighted by Gasteiger charge is -2.36. The fourth-order valence-corrected chi connectivity index (χ4v) is 2.08. The molecule has 17 heavy (non-hydrogen) atoms. The van der Waals surface area contributed by atoms with E-state index in [2.05, 4.69) is 22.3 Å². The van der Waals surface area contributed by atoms with E-state index in [0.717, 1.165) is 44.8 Å². The van der Waals surface area contributed by atoms with E-state index < -0.39 is 0 Å². The lowest BCUT2D eigenvalue weighted by Crippen LogP contribution is -2.52. The Morgan fingerprint density at radius 1 is 1.18 bits per heavy atom. The summed E-state index contributed by atoms with van der Waals surface area (Å²) in [6.07, 6.45) is 1.13. The zero-order valence-electron chi connectivity index (χ0n) is 10.3. The van der Waals surface area contributed by atoms with Crippen molar-refractivity contribution in [2.24, 2.45) is 0 Å². The molecule has 0 unspecified atom stereocenters. The molecule has 1 heterocycles. The largest absolute Gasteiger partial charge is 0.366 e. The third-order valence-electron chi connectivity index (χ3n) is 3.06. The molecular weight excluding hydrogens is 217 g/mol. The molecule has 0 aromatic heterocycles. The topological polar surface area (TPSA) is 18.5 Å². The average molecular weight is 237 g/mol. The van der Waals surface area contributed by atoms with Crippen LogP contribution >= 0.6 is 0 Å². The Morgan fingerprint density at radius 3 is 2.53 bits per heavy atom. The van der Waals surface area contributed by atoms with Gasteiger partial charge in [0.2, 0.25) is 0 Å². The van der Waals surface area contributed by atoms with Gasteiger partial charge >= 0.3 is 0 Å². The van der Waals surface area contributed by atoms with Crippen molar-refractivity contribution in [3.63, 3.8) is 0 Å². The molecule has 0 spiro atoms. The zero-order valence-corrected chi connectivity index (χ0v) is 10.3. The molecule has 2 rings (SSSR count). The van der Waals surface area contributed by atoms with Gasteiger partial charge < -0.3 is 4.90 Å². The van der Waals surface area contributed by atoms with Crippen molar-refractivity contribution >= 4 is 5.69 Å². The molecule has 1 aromatic rings.